The fraction of sp³-hybridized carbons (Fsp3) is 0.444. The predicted octanol–water partition coefficient (Wildman–Crippen LogP) is 4.51. The molecule has 3 N–H and O–H groups in total. The number of rotatable bonds is 8. The van der Waals surface area contributed by atoms with Crippen LogP contribution in [-0.2, 0) is 11.2 Å². The van der Waals surface area contributed by atoms with Crippen molar-refractivity contribution in [1.82, 2.24) is 10.3 Å². The van der Waals surface area contributed by atoms with Crippen molar-refractivity contribution in [2.24, 2.45) is 5.73 Å². The molecular formula is C18H26BrCl2N3O2. The Labute approximate surface area is 175 Å². The lowest BCUT2D eigenvalue weighted by Crippen LogP contribution is -2.49. The van der Waals surface area contributed by atoms with Crippen molar-refractivity contribution in [2.45, 2.75) is 45.1 Å². The van der Waals surface area contributed by atoms with Crippen LogP contribution in [-0.4, -0.2) is 23.0 Å². The van der Waals surface area contributed by atoms with Crippen molar-refractivity contribution >= 4 is 46.7 Å². The maximum atomic E-state index is 12.0. The zero-order valence-electron chi connectivity index (χ0n) is 15.0. The standard InChI is InChI=1S/C18H24BrN3O2.2ClH/c1-3-18(20,4-2)12-22-16(23)9-10-17-21-11-15(24-17)13-7-5-6-8-14(13)19;;/h5-8,11H,3-4,9-10,12,20H2,1-2H3,(H,22,23);2*1H. The Balaban J connectivity index is 0.00000312. The van der Waals surface area contributed by atoms with Gasteiger partial charge in [-0.15, -0.1) is 24.8 Å². The van der Waals surface area contributed by atoms with Gasteiger partial charge in [0.2, 0.25) is 5.91 Å². The first-order chi connectivity index (χ1) is 11.5. The highest BCUT2D eigenvalue weighted by atomic mass is 79.9. The molecular weight excluding hydrogens is 441 g/mol. The Kier molecular flexibility index (Phi) is 11.1. The summed E-state index contributed by atoms with van der Waals surface area (Å²) in [5.41, 5.74) is 6.80. The molecule has 2 aromatic rings. The van der Waals surface area contributed by atoms with E-state index in [0.29, 0.717) is 31.0 Å². The van der Waals surface area contributed by atoms with Crippen LogP contribution >= 0.6 is 40.7 Å². The number of hydrogen-bond acceptors (Lipinski definition) is 4. The summed E-state index contributed by atoms with van der Waals surface area (Å²) in [4.78, 5) is 16.2. The zero-order chi connectivity index (χ0) is 17.6. The molecule has 1 aromatic heterocycles. The quantitative estimate of drug-likeness (QED) is 0.599. The SMILES string of the molecule is CCC(N)(CC)CNC(=O)CCc1ncc(-c2ccccc2Br)o1.Cl.Cl. The molecule has 26 heavy (non-hydrogen) atoms. The number of nitrogens with two attached hydrogens (primary N) is 1. The molecule has 0 aliphatic heterocycles. The van der Waals surface area contributed by atoms with Crippen LogP contribution in [0.5, 0.6) is 0 Å². The molecule has 0 bridgehead atoms. The maximum absolute atomic E-state index is 12.0. The number of nitrogens with zero attached hydrogens (tertiary/aromatic N) is 1. The fourth-order valence-corrected chi connectivity index (χ4v) is 2.78. The van der Waals surface area contributed by atoms with Gasteiger partial charge in [-0.05, 0) is 18.9 Å². The highest BCUT2D eigenvalue weighted by Crippen LogP contribution is 2.28. The van der Waals surface area contributed by atoms with Crippen molar-refractivity contribution < 1.29 is 9.21 Å². The second-order valence-corrected chi connectivity index (χ2v) is 6.80. The summed E-state index contributed by atoms with van der Waals surface area (Å²) < 4.78 is 6.69. The van der Waals surface area contributed by atoms with Crippen molar-refractivity contribution in [3.05, 3.63) is 40.8 Å². The van der Waals surface area contributed by atoms with E-state index in [0.717, 1.165) is 22.9 Å². The van der Waals surface area contributed by atoms with E-state index in [-0.39, 0.29) is 36.3 Å². The Bertz CT molecular complexity index is 691. The molecule has 0 spiro atoms. The summed E-state index contributed by atoms with van der Waals surface area (Å²) in [7, 11) is 0. The van der Waals surface area contributed by atoms with Gasteiger partial charge >= 0.3 is 0 Å². The van der Waals surface area contributed by atoms with Gasteiger partial charge in [0.15, 0.2) is 11.7 Å². The Hall–Kier alpha value is -1.08. The molecule has 0 atom stereocenters. The first kappa shape index (κ1) is 24.9. The molecule has 0 saturated heterocycles. The number of hydrogen-bond donors (Lipinski definition) is 2. The topological polar surface area (TPSA) is 81.1 Å². The van der Waals surface area contributed by atoms with E-state index in [1.807, 2.05) is 38.1 Å². The minimum atomic E-state index is -0.328. The number of aryl methyl sites for hydroxylation is 1. The average Bonchev–Trinajstić information content (AvgIpc) is 3.07. The number of carbonyl (C=O) groups excluding carboxylic acids is 1. The molecule has 0 aliphatic rings. The van der Waals surface area contributed by atoms with Crippen molar-refractivity contribution in [2.75, 3.05) is 6.54 Å². The van der Waals surface area contributed by atoms with E-state index in [1.54, 1.807) is 6.20 Å². The zero-order valence-corrected chi connectivity index (χ0v) is 18.2. The average molecular weight is 467 g/mol. The summed E-state index contributed by atoms with van der Waals surface area (Å²) in [6.45, 7) is 4.56. The van der Waals surface area contributed by atoms with Crippen LogP contribution in [0.25, 0.3) is 11.3 Å². The third-order valence-corrected chi connectivity index (χ3v) is 5.00. The molecule has 1 amide bonds. The fourth-order valence-electron chi connectivity index (χ4n) is 2.29. The van der Waals surface area contributed by atoms with Gasteiger partial charge in [0.25, 0.3) is 0 Å². The number of halogens is 3. The Morgan fingerprint density at radius 1 is 1.27 bits per heavy atom. The van der Waals surface area contributed by atoms with Crippen LogP contribution in [0.1, 0.15) is 39.0 Å². The van der Waals surface area contributed by atoms with E-state index < -0.39 is 0 Å². The summed E-state index contributed by atoms with van der Waals surface area (Å²) in [6, 6.07) is 7.79. The van der Waals surface area contributed by atoms with E-state index in [2.05, 4.69) is 26.2 Å². The lowest BCUT2D eigenvalue weighted by atomic mass is 9.94. The van der Waals surface area contributed by atoms with Gasteiger partial charge in [-0.1, -0.05) is 48.0 Å². The number of benzene rings is 1. The number of amides is 1. The number of nitrogens with one attached hydrogen (secondary N) is 1. The molecule has 146 valence electrons. The molecule has 0 fully saturated rings. The van der Waals surface area contributed by atoms with Crippen molar-refractivity contribution in [1.29, 1.82) is 0 Å². The molecule has 0 radical (unpaired) electrons. The minimum Gasteiger partial charge on any atom is -0.441 e. The smallest absolute Gasteiger partial charge is 0.220 e. The first-order valence-corrected chi connectivity index (χ1v) is 9.02. The molecule has 1 aromatic carbocycles. The third kappa shape index (κ3) is 6.91. The normalized spacial score (nSPS) is 10.6. The van der Waals surface area contributed by atoms with Gasteiger partial charge in [-0.2, -0.15) is 0 Å². The van der Waals surface area contributed by atoms with Crippen LogP contribution in [0.3, 0.4) is 0 Å². The summed E-state index contributed by atoms with van der Waals surface area (Å²) >= 11 is 3.49. The summed E-state index contributed by atoms with van der Waals surface area (Å²) in [6.07, 6.45) is 4.15. The largest absolute Gasteiger partial charge is 0.441 e. The van der Waals surface area contributed by atoms with Crippen LogP contribution < -0.4 is 11.1 Å². The van der Waals surface area contributed by atoms with Crippen LogP contribution in [0, 0.1) is 0 Å². The molecule has 0 unspecified atom stereocenters. The van der Waals surface area contributed by atoms with Crippen LogP contribution in [0.2, 0.25) is 0 Å². The lowest BCUT2D eigenvalue weighted by molar-refractivity contribution is -0.121. The van der Waals surface area contributed by atoms with E-state index >= 15 is 0 Å². The highest BCUT2D eigenvalue weighted by molar-refractivity contribution is 9.10. The van der Waals surface area contributed by atoms with Crippen molar-refractivity contribution in [3.63, 3.8) is 0 Å². The van der Waals surface area contributed by atoms with Gasteiger partial charge in [-0.25, -0.2) is 4.98 Å². The predicted molar refractivity (Wildman–Crippen MR) is 113 cm³/mol. The molecule has 0 aliphatic carbocycles. The Morgan fingerprint density at radius 3 is 2.54 bits per heavy atom. The summed E-state index contributed by atoms with van der Waals surface area (Å²) in [5, 5.41) is 2.90. The van der Waals surface area contributed by atoms with E-state index in [1.165, 1.54) is 0 Å². The van der Waals surface area contributed by atoms with Crippen molar-refractivity contribution in [3.8, 4) is 11.3 Å². The molecule has 1 heterocycles. The summed E-state index contributed by atoms with van der Waals surface area (Å²) in [5.74, 6) is 1.21. The minimum absolute atomic E-state index is 0. The van der Waals surface area contributed by atoms with Gasteiger partial charge in [0, 0.05) is 35.0 Å². The van der Waals surface area contributed by atoms with Crippen LogP contribution in [0.15, 0.2) is 39.4 Å². The number of oxazole rings is 1. The van der Waals surface area contributed by atoms with E-state index in [9.17, 15) is 4.79 Å². The number of carbonyl (C=O) groups is 1. The lowest BCUT2D eigenvalue weighted by Gasteiger charge is -2.26. The molecule has 2 rings (SSSR count). The van der Waals surface area contributed by atoms with Gasteiger partial charge < -0.3 is 15.5 Å². The molecule has 5 nitrogen and oxygen atoms in total. The second kappa shape index (κ2) is 11.6. The monoisotopic (exact) mass is 465 g/mol. The third-order valence-electron chi connectivity index (χ3n) is 4.30. The highest BCUT2D eigenvalue weighted by Gasteiger charge is 2.21. The Morgan fingerprint density at radius 2 is 1.92 bits per heavy atom. The van der Waals surface area contributed by atoms with Gasteiger partial charge in [-0.3, -0.25) is 4.79 Å². The van der Waals surface area contributed by atoms with Gasteiger partial charge in [0.05, 0.1) is 6.20 Å². The molecule has 0 saturated carbocycles. The second-order valence-electron chi connectivity index (χ2n) is 5.94. The van der Waals surface area contributed by atoms with E-state index in [4.69, 9.17) is 10.2 Å². The maximum Gasteiger partial charge on any atom is 0.220 e. The first-order valence-electron chi connectivity index (χ1n) is 8.22. The number of aromatic nitrogens is 1. The van der Waals surface area contributed by atoms with Gasteiger partial charge in [0.1, 0.15) is 0 Å². The van der Waals surface area contributed by atoms with Crippen LogP contribution in [0.4, 0.5) is 0 Å². The molecule has 8 heteroatoms.